The molecule has 0 amide bonds. The molecule has 3 heterocycles. The number of alkyl halides is 2. The van der Waals surface area contributed by atoms with Crippen molar-refractivity contribution in [2.45, 2.75) is 32.5 Å². The maximum Gasteiger partial charge on any atom is 0.341 e. The quantitative estimate of drug-likeness (QED) is 0.547. The zero-order chi connectivity index (χ0) is 20.4. The number of nitrogens with zero attached hydrogens (tertiary/aromatic N) is 3. The Kier molecular flexibility index (Phi) is 5.73. The van der Waals surface area contributed by atoms with E-state index in [1.54, 1.807) is 18.3 Å². The molecule has 1 aliphatic heterocycles. The largest absolute Gasteiger partial charge is 0.462 e. The van der Waals surface area contributed by atoms with Crippen molar-refractivity contribution >= 4 is 17.3 Å². The van der Waals surface area contributed by atoms with Gasteiger partial charge in [0.2, 0.25) is 0 Å². The molecule has 5 nitrogen and oxygen atoms in total. The molecular weight excluding hydrogens is 396 g/mol. The van der Waals surface area contributed by atoms with E-state index >= 15 is 0 Å². The van der Waals surface area contributed by atoms with Crippen LogP contribution in [0.25, 0.3) is 0 Å². The highest BCUT2D eigenvalue weighted by Crippen LogP contribution is 2.38. The summed E-state index contributed by atoms with van der Waals surface area (Å²) in [6.45, 7) is 2.63. The summed E-state index contributed by atoms with van der Waals surface area (Å²) in [7, 11) is 0. The molecule has 1 atom stereocenters. The maximum atomic E-state index is 13.8. The van der Waals surface area contributed by atoms with Gasteiger partial charge >= 0.3 is 5.97 Å². The van der Waals surface area contributed by atoms with Gasteiger partial charge in [-0.2, -0.15) is 5.10 Å². The summed E-state index contributed by atoms with van der Waals surface area (Å²) in [5.74, 6) is -0.771. The van der Waals surface area contributed by atoms with Crippen molar-refractivity contribution < 1.29 is 18.3 Å². The molecule has 0 aliphatic carbocycles. The molecule has 152 valence electrons. The lowest BCUT2D eigenvalue weighted by atomic mass is 9.94. The van der Waals surface area contributed by atoms with Crippen molar-refractivity contribution in [1.82, 2.24) is 14.7 Å². The first-order valence-corrected chi connectivity index (χ1v) is 10.3. The van der Waals surface area contributed by atoms with Crippen LogP contribution in [-0.4, -0.2) is 33.8 Å². The molecule has 29 heavy (non-hydrogen) atoms. The van der Waals surface area contributed by atoms with Crippen LogP contribution in [-0.2, 0) is 17.8 Å². The molecule has 0 spiro atoms. The monoisotopic (exact) mass is 417 g/mol. The molecule has 1 aliphatic rings. The normalized spacial score (nSPS) is 16.8. The van der Waals surface area contributed by atoms with E-state index in [-0.39, 0.29) is 24.9 Å². The van der Waals surface area contributed by atoms with Crippen LogP contribution in [0.1, 0.15) is 51.4 Å². The van der Waals surface area contributed by atoms with Crippen molar-refractivity contribution in [3.63, 3.8) is 0 Å². The second-order valence-electron chi connectivity index (χ2n) is 6.78. The van der Waals surface area contributed by atoms with E-state index in [2.05, 4.69) is 21.4 Å². The SMILES string of the molecule is CCOC(=O)c1cnn(CN2CCc3sccc3C2c2ccccc2)c1C(F)F. The second-order valence-corrected chi connectivity index (χ2v) is 7.78. The summed E-state index contributed by atoms with van der Waals surface area (Å²) in [5, 5.41) is 6.17. The molecule has 3 aromatic rings. The summed E-state index contributed by atoms with van der Waals surface area (Å²) in [6, 6.07) is 12.1. The molecule has 0 saturated heterocycles. The lowest BCUT2D eigenvalue weighted by Crippen LogP contribution is -2.37. The van der Waals surface area contributed by atoms with Crippen LogP contribution in [0.5, 0.6) is 0 Å². The van der Waals surface area contributed by atoms with Gasteiger partial charge in [-0.15, -0.1) is 11.3 Å². The van der Waals surface area contributed by atoms with Crippen molar-refractivity contribution in [3.8, 4) is 0 Å². The van der Waals surface area contributed by atoms with E-state index < -0.39 is 18.1 Å². The molecule has 1 unspecified atom stereocenters. The summed E-state index contributed by atoms with van der Waals surface area (Å²) >= 11 is 1.72. The molecule has 0 saturated carbocycles. The van der Waals surface area contributed by atoms with Gasteiger partial charge in [0, 0.05) is 11.4 Å². The van der Waals surface area contributed by atoms with Gasteiger partial charge in [-0.3, -0.25) is 4.90 Å². The van der Waals surface area contributed by atoms with E-state index in [9.17, 15) is 13.6 Å². The topological polar surface area (TPSA) is 47.4 Å². The van der Waals surface area contributed by atoms with Gasteiger partial charge in [0.25, 0.3) is 6.43 Å². The molecule has 4 rings (SSSR count). The lowest BCUT2D eigenvalue weighted by Gasteiger charge is -2.36. The Morgan fingerprint density at radius 3 is 2.83 bits per heavy atom. The molecule has 0 radical (unpaired) electrons. The van der Waals surface area contributed by atoms with Gasteiger partial charge in [-0.25, -0.2) is 18.3 Å². The predicted octanol–water partition coefficient (Wildman–Crippen LogP) is 4.66. The number of carbonyl (C=O) groups is 1. The summed E-state index contributed by atoms with van der Waals surface area (Å²) in [5.41, 5.74) is 1.73. The highest BCUT2D eigenvalue weighted by molar-refractivity contribution is 7.10. The van der Waals surface area contributed by atoms with Crippen LogP contribution >= 0.6 is 11.3 Å². The van der Waals surface area contributed by atoms with E-state index in [0.717, 1.165) is 12.0 Å². The first-order valence-electron chi connectivity index (χ1n) is 9.46. The average Bonchev–Trinajstić information content (AvgIpc) is 3.35. The number of carbonyl (C=O) groups excluding carboxylic acids is 1. The number of halogens is 2. The summed E-state index contributed by atoms with van der Waals surface area (Å²) in [6.07, 6.45) is -0.794. The minimum absolute atomic E-state index is 0.0491. The Morgan fingerprint density at radius 2 is 2.10 bits per heavy atom. The van der Waals surface area contributed by atoms with Gasteiger partial charge < -0.3 is 4.74 Å². The number of esters is 1. The lowest BCUT2D eigenvalue weighted by molar-refractivity contribution is 0.0510. The van der Waals surface area contributed by atoms with Gasteiger partial charge in [0.1, 0.15) is 11.3 Å². The number of fused-ring (bicyclic) bond motifs is 1. The summed E-state index contributed by atoms with van der Waals surface area (Å²) in [4.78, 5) is 15.5. The molecule has 8 heteroatoms. The zero-order valence-electron chi connectivity index (χ0n) is 15.9. The van der Waals surface area contributed by atoms with Crippen LogP contribution in [0.15, 0.2) is 48.0 Å². The first-order chi connectivity index (χ1) is 14.1. The third-order valence-electron chi connectivity index (χ3n) is 5.08. The van der Waals surface area contributed by atoms with Crippen LogP contribution in [0.2, 0.25) is 0 Å². The highest BCUT2D eigenvalue weighted by Gasteiger charge is 2.32. The second kappa shape index (κ2) is 8.42. The zero-order valence-corrected chi connectivity index (χ0v) is 16.7. The van der Waals surface area contributed by atoms with E-state index in [1.165, 1.54) is 21.3 Å². The van der Waals surface area contributed by atoms with Crippen LogP contribution < -0.4 is 0 Å². The third kappa shape index (κ3) is 3.82. The molecule has 0 fully saturated rings. The molecule has 0 N–H and O–H groups in total. The van der Waals surface area contributed by atoms with Gasteiger partial charge in [-0.1, -0.05) is 30.3 Å². The summed E-state index contributed by atoms with van der Waals surface area (Å²) < 4.78 is 33.7. The minimum Gasteiger partial charge on any atom is -0.462 e. The highest BCUT2D eigenvalue weighted by atomic mass is 32.1. The van der Waals surface area contributed by atoms with Gasteiger partial charge in [0.05, 0.1) is 25.5 Å². The smallest absolute Gasteiger partial charge is 0.341 e. The van der Waals surface area contributed by atoms with E-state index in [0.29, 0.717) is 6.54 Å². The fraction of sp³-hybridized carbons (Fsp3) is 0.333. The third-order valence-corrected chi connectivity index (χ3v) is 6.08. The fourth-order valence-electron chi connectivity index (χ4n) is 3.82. The Bertz CT molecular complexity index is 987. The maximum absolute atomic E-state index is 13.8. The number of hydrogen-bond donors (Lipinski definition) is 0. The van der Waals surface area contributed by atoms with Crippen LogP contribution in [0.3, 0.4) is 0 Å². The molecule has 2 aromatic heterocycles. The van der Waals surface area contributed by atoms with E-state index in [4.69, 9.17) is 4.74 Å². The molecule has 1 aromatic carbocycles. The number of aromatic nitrogens is 2. The van der Waals surface area contributed by atoms with E-state index in [1.807, 2.05) is 30.3 Å². The number of hydrogen-bond acceptors (Lipinski definition) is 5. The Balaban J connectivity index is 1.69. The number of rotatable bonds is 6. The number of ether oxygens (including phenoxy) is 1. The predicted molar refractivity (Wildman–Crippen MR) is 106 cm³/mol. The minimum atomic E-state index is -2.83. The fourth-order valence-corrected chi connectivity index (χ4v) is 4.73. The van der Waals surface area contributed by atoms with Crippen molar-refractivity contribution in [1.29, 1.82) is 0 Å². The van der Waals surface area contributed by atoms with Crippen molar-refractivity contribution in [2.24, 2.45) is 0 Å². The number of benzene rings is 1. The Labute approximate surface area is 171 Å². The van der Waals surface area contributed by atoms with Gasteiger partial charge in [0.15, 0.2) is 0 Å². The molecule has 0 bridgehead atoms. The Hall–Kier alpha value is -2.58. The first kappa shape index (κ1) is 19.7. The van der Waals surface area contributed by atoms with Crippen molar-refractivity contribution in [3.05, 3.63) is 75.2 Å². The van der Waals surface area contributed by atoms with Gasteiger partial charge in [-0.05, 0) is 35.9 Å². The number of thiophene rings is 1. The average molecular weight is 417 g/mol. The Morgan fingerprint density at radius 1 is 1.31 bits per heavy atom. The molecular formula is C21H21F2N3O2S. The van der Waals surface area contributed by atoms with Crippen molar-refractivity contribution in [2.75, 3.05) is 13.2 Å². The van der Waals surface area contributed by atoms with Crippen LogP contribution in [0.4, 0.5) is 8.78 Å². The standard InChI is InChI=1S/C21H21F2N3O2S/c1-2-28-21(27)16-12-24-26(19(16)20(22)23)13-25-10-8-17-15(9-11-29-17)18(25)14-6-4-3-5-7-14/h3-7,9,11-12,18,20H,2,8,10,13H2,1H3. The van der Waals surface area contributed by atoms with Crippen LogP contribution in [0, 0.1) is 0 Å².